The lowest BCUT2D eigenvalue weighted by Gasteiger charge is -2.34. The first kappa shape index (κ1) is 23.3. The van der Waals surface area contributed by atoms with E-state index in [1.54, 1.807) is 6.92 Å². The standard InChI is InChI=1S/C24H38O7/c1-16(2)20(26)21(17(3)19-15-27-23(30-19)10-6-4-7-11-23)28-22-18(14-25)29-24(31-22)12-8-5-9-13-24/h17-19,21-22,25H,1,4-15H2,2-3H3/t17?,18-,19?,21?,22-/m1/s1. The van der Waals surface area contributed by atoms with Gasteiger partial charge >= 0.3 is 0 Å². The first-order valence-corrected chi connectivity index (χ1v) is 12.0. The number of aliphatic hydroxyl groups excluding tert-OH is 1. The smallest absolute Gasteiger partial charge is 0.190 e. The molecule has 7 heteroatoms. The summed E-state index contributed by atoms with van der Waals surface area (Å²) in [7, 11) is 0. The van der Waals surface area contributed by atoms with Gasteiger partial charge in [-0.1, -0.05) is 26.3 Å². The molecular formula is C24H38O7. The van der Waals surface area contributed by atoms with E-state index in [0.717, 1.165) is 57.8 Å². The van der Waals surface area contributed by atoms with Crippen molar-refractivity contribution < 1.29 is 33.6 Å². The number of ketones is 1. The molecule has 2 heterocycles. The van der Waals surface area contributed by atoms with E-state index in [0.29, 0.717) is 12.2 Å². The Balaban J connectivity index is 1.47. The summed E-state index contributed by atoms with van der Waals surface area (Å²) in [6, 6.07) is 0. The number of hydrogen-bond acceptors (Lipinski definition) is 7. The predicted octanol–water partition coefficient (Wildman–Crippen LogP) is 3.62. The van der Waals surface area contributed by atoms with Crippen LogP contribution in [0.1, 0.15) is 78.1 Å². The van der Waals surface area contributed by atoms with Crippen molar-refractivity contribution in [2.24, 2.45) is 5.92 Å². The van der Waals surface area contributed by atoms with E-state index in [4.69, 9.17) is 23.7 Å². The van der Waals surface area contributed by atoms with Gasteiger partial charge in [0.2, 0.25) is 0 Å². The van der Waals surface area contributed by atoms with E-state index >= 15 is 0 Å². The number of rotatable bonds is 7. The molecule has 0 radical (unpaired) electrons. The molecule has 4 aliphatic rings. The molecule has 0 aromatic rings. The van der Waals surface area contributed by atoms with Gasteiger partial charge in [0.1, 0.15) is 12.2 Å². The van der Waals surface area contributed by atoms with Crippen molar-refractivity contribution in [2.75, 3.05) is 13.2 Å². The van der Waals surface area contributed by atoms with Crippen molar-refractivity contribution in [3.05, 3.63) is 12.2 Å². The van der Waals surface area contributed by atoms with Gasteiger partial charge in [0.05, 0.1) is 19.3 Å². The minimum absolute atomic E-state index is 0.175. The third-order valence-electron chi connectivity index (χ3n) is 7.31. The monoisotopic (exact) mass is 438 g/mol. The zero-order valence-electron chi connectivity index (χ0n) is 19.0. The molecule has 5 atom stereocenters. The van der Waals surface area contributed by atoms with E-state index in [2.05, 4.69) is 6.58 Å². The Morgan fingerprint density at radius 2 is 1.65 bits per heavy atom. The predicted molar refractivity (Wildman–Crippen MR) is 113 cm³/mol. The molecule has 7 nitrogen and oxygen atoms in total. The Morgan fingerprint density at radius 1 is 1.03 bits per heavy atom. The van der Waals surface area contributed by atoms with Crippen molar-refractivity contribution in [3.8, 4) is 0 Å². The van der Waals surface area contributed by atoms with Gasteiger partial charge < -0.3 is 28.8 Å². The van der Waals surface area contributed by atoms with E-state index in [9.17, 15) is 9.90 Å². The van der Waals surface area contributed by atoms with Crippen LogP contribution in [-0.4, -0.2) is 60.3 Å². The Morgan fingerprint density at radius 3 is 2.23 bits per heavy atom. The Hall–Kier alpha value is -0.830. The lowest BCUT2D eigenvalue weighted by Crippen LogP contribution is -2.45. The lowest BCUT2D eigenvalue weighted by molar-refractivity contribution is -0.240. The number of Topliss-reactive ketones (excluding diaryl/α,β-unsaturated/α-hetero) is 1. The van der Waals surface area contributed by atoms with Crippen LogP contribution in [0.5, 0.6) is 0 Å². The molecule has 176 valence electrons. The zero-order valence-corrected chi connectivity index (χ0v) is 19.0. The third kappa shape index (κ3) is 4.92. The number of carbonyl (C=O) groups excluding carboxylic acids is 1. The van der Waals surface area contributed by atoms with E-state index in [1.807, 2.05) is 6.92 Å². The first-order chi connectivity index (χ1) is 14.9. The lowest BCUT2D eigenvalue weighted by atomic mass is 9.92. The normalized spacial score (nSPS) is 34.1. The molecule has 2 aliphatic heterocycles. The summed E-state index contributed by atoms with van der Waals surface area (Å²) in [6.07, 6.45) is 7.47. The highest BCUT2D eigenvalue weighted by molar-refractivity contribution is 5.98. The van der Waals surface area contributed by atoms with Crippen LogP contribution in [-0.2, 0) is 28.5 Å². The van der Waals surface area contributed by atoms with Gasteiger partial charge in [-0.05, 0) is 38.2 Å². The number of hydrogen-bond donors (Lipinski definition) is 1. The molecule has 2 saturated heterocycles. The van der Waals surface area contributed by atoms with Crippen molar-refractivity contribution >= 4 is 5.78 Å². The quantitative estimate of drug-likeness (QED) is 0.608. The first-order valence-electron chi connectivity index (χ1n) is 12.0. The Labute approximate surface area is 185 Å². The second kappa shape index (κ2) is 9.57. The Bertz CT molecular complexity index is 650. The number of carbonyl (C=O) groups is 1. The SMILES string of the molecule is C=C(C)C(=O)C(O[C@@H]1OC2(CCCCC2)O[C@@H]1CO)C(C)C1COC2(CCCCC2)O1. The molecule has 31 heavy (non-hydrogen) atoms. The number of ether oxygens (including phenoxy) is 5. The third-order valence-corrected chi connectivity index (χ3v) is 7.31. The molecule has 0 aromatic carbocycles. The van der Waals surface area contributed by atoms with Crippen LogP contribution in [0, 0.1) is 5.92 Å². The van der Waals surface area contributed by atoms with Crippen LogP contribution in [0.15, 0.2) is 12.2 Å². The fraction of sp³-hybridized carbons (Fsp3) is 0.875. The summed E-state index contributed by atoms with van der Waals surface area (Å²) in [6.45, 7) is 7.72. The fourth-order valence-electron chi connectivity index (χ4n) is 5.41. The molecule has 3 unspecified atom stereocenters. The highest BCUT2D eigenvalue weighted by Gasteiger charge is 2.51. The highest BCUT2D eigenvalue weighted by Crippen LogP contribution is 2.43. The fourth-order valence-corrected chi connectivity index (χ4v) is 5.41. The minimum Gasteiger partial charge on any atom is -0.393 e. The van der Waals surface area contributed by atoms with Gasteiger partial charge in [0.15, 0.2) is 23.6 Å². The van der Waals surface area contributed by atoms with Gasteiger partial charge in [-0.25, -0.2) is 0 Å². The summed E-state index contributed by atoms with van der Waals surface area (Å²) in [5, 5.41) is 9.90. The molecule has 2 saturated carbocycles. The van der Waals surface area contributed by atoms with Crippen LogP contribution in [0.3, 0.4) is 0 Å². The van der Waals surface area contributed by atoms with Gasteiger partial charge in [0.25, 0.3) is 0 Å². The van der Waals surface area contributed by atoms with Crippen LogP contribution in [0.4, 0.5) is 0 Å². The maximum Gasteiger partial charge on any atom is 0.190 e. The van der Waals surface area contributed by atoms with E-state index in [1.165, 1.54) is 6.42 Å². The van der Waals surface area contributed by atoms with Crippen LogP contribution >= 0.6 is 0 Å². The maximum atomic E-state index is 13.1. The van der Waals surface area contributed by atoms with Gasteiger partial charge in [-0.3, -0.25) is 4.79 Å². The molecule has 4 fully saturated rings. The summed E-state index contributed by atoms with van der Waals surface area (Å²) in [5.41, 5.74) is 0.426. The Kier molecular flexibility index (Phi) is 7.21. The molecule has 2 aliphatic carbocycles. The van der Waals surface area contributed by atoms with Gasteiger partial charge in [-0.2, -0.15) is 0 Å². The second-order valence-electron chi connectivity index (χ2n) is 9.80. The minimum atomic E-state index is -0.801. The topological polar surface area (TPSA) is 83.5 Å². The van der Waals surface area contributed by atoms with Gasteiger partial charge in [0, 0.05) is 31.6 Å². The largest absolute Gasteiger partial charge is 0.393 e. The average molecular weight is 439 g/mol. The molecular weight excluding hydrogens is 400 g/mol. The van der Waals surface area contributed by atoms with Crippen LogP contribution < -0.4 is 0 Å². The highest BCUT2D eigenvalue weighted by atomic mass is 16.8. The van der Waals surface area contributed by atoms with Crippen molar-refractivity contribution in [1.29, 1.82) is 0 Å². The maximum absolute atomic E-state index is 13.1. The summed E-state index contributed by atoms with van der Waals surface area (Å²) < 4.78 is 31.1. The summed E-state index contributed by atoms with van der Waals surface area (Å²) in [5.74, 6) is -1.65. The van der Waals surface area contributed by atoms with Crippen molar-refractivity contribution in [1.82, 2.24) is 0 Å². The second-order valence-corrected chi connectivity index (χ2v) is 9.80. The molecule has 0 amide bonds. The van der Waals surface area contributed by atoms with Crippen molar-refractivity contribution in [2.45, 2.75) is 114 Å². The number of aliphatic hydroxyl groups is 1. The van der Waals surface area contributed by atoms with Gasteiger partial charge in [-0.15, -0.1) is 0 Å². The average Bonchev–Trinajstić information content (AvgIpc) is 3.33. The molecule has 4 rings (SSSR count). The van der Waals surface area contributed by atoms with Crippen molar-refractivity contribution in [3.63, 3.8) is 0 Å². The van der Waals surface area contributed by atoms with Crippen LogP contribution in [0.2, 0.25) is 0 Å². The molecule has 1 N–H and O–H groups in total. The van der Waals surface area contributed by atoms with E-state index in [-0.39, 0.29) is 24.4 Å². The summed E-state index contributed by atoms with van der Waals surface area (Å²) in [4.78, 5) is 13.1. The van der Waals surface area contributed by atoms with E-state index < -0.39 is 30.1 Å². The molecule has 0 bridgehead atoms. The molecule has 0 aromatic heterocycles. The molecule has 2 spiro atoms. The van der Waals surface area contributed by atoms with Crippen LogP contribution in [0.25, 0.3) is 0 Å². The zero-order chi connectivity index (χ0) is 22.1. The summed E-state index contributed by atoms with van der Waals surface area (Å²) >= 11 is 0.